The second kappa shape index (κ2) is 11.6. The van der Waals surface area contributed by atoms with Crippen molar-refractivity contribution in [3.8, 4) is 0 Å². The fraction of sp³-hybridized carbons (Fsp3) is 0.292. The van der Waals surface area contributed by atoms with Crippen molar-refractivity contribution in [2.45, 2.75) is 39.7 Å². The van der Waals surface area contributed by atoms with Crippen LogP contribution in [0.2, 0.25) is 10.0 Å². The Balaban J connectivity index is 1.95. The Morgan fingerprint density at radius 2 is 1.97 bits per heavy atom. The summed E-state index contributed by atoms with van der Waals surface area (Å²) in [6, 6.07) is 6.41. The Bertz CT molecular complexity index is 1380. The number of aryl methyl sites for hydroxylation is 1. The van der Waals surface area contributed by atoms with Gasteiger partial charge in [-0.2, -0.15) is 4.80 Å². The van der Waals surface area contributed by atoms with Crippen molar-refractivity contribution < 1.29 is 14.9 Å². The Morgan fingerprint density at radius 1 is 1.24 bits per heavy atom. The molecule has 0 aliphatic carbocycles. The van der Waals surface area contributed by atoms with Gasteiger partial charge in [-0.25, -0.2) is 4.98 Å². The highest BCUT2D eigenvalue weighted by Gasteiger charge is 2.24. The number of quaternary nitrogens is 1. The molecule has 0 saturated carbocycles. The fourth-order valence-electron chi connectivity index (χ4n) is 3.23. The van der Waals surface area contributed by atoms with Crippen molar-refractivity contribution in [1.29, 1.82) is 5.41 Å². The van der Waals surface area contributed by atoms with E-state index in [1.165, 1.54) is 29.3 Å². The number of aromatic nitrogens is 5. The highest BCUT2D eigenvalue weighted by molar-refractivity contribution is 6.32. The third-order valence-corrected chi connectivity index (χ3v) is 5.65. The largest absolute Gasteiger partial charge is 0.355 e. The number of carbonyl (C=O) groups is 2. The Hall–Kier alpha value is -3.67. The number of benzene rings is 1. The molecule has 2 heterocycles. The molecule has 0 saturated heterocycles. The molecule has 0 atom stereocenters. The summed E-state index contributed by atoms with van der Waals surface area (Å²) in [6.45, 7) is 7.58. The molecule has 194 valence electrons. The van der Waals surface area contributed by atoms with Gasteiger partial charge in [0, 0.05) is 29.8 Å². The number of halogens is 2. The number of rotatable bonds is 8. The third-order valence-electron chi connectivity index (χ3n) is 5.12. The molecule has 3 rings (SSSR count). The van der Waals surface area contributed by atoms with Gasteiger partial charge >= 0.3 is 5.91 Å². The maximum atomic E-state index is 13.5. The lowest BCUT2D eigenvalue weighted by Gasteiger charge is -2.14. The van der Waals surface area contributed by atoms with Gasteiger partial charge in [0.2, 0.25) is 11.5 Å². The number of tetrazole rings is 1. The summed E-state index contributed by atoms with van der Waals surface area (Å²) in [7, 11) is 1.48. The molecule has 0 unspecified atom stereocenters. The molecule has 3 aromatic rings. The minimum absolute atomic E-state index is 0.0207. The van der Waals surface area contributed by atoms with Crippen molar-refractivity contribution >= 4 is 52.2 Å². The lowest BCUT2D eigenvalue weighted by molar-refractivity contribution is -0.514. The monoisotopic (exact) mass is 544 g/mol. The molecular formula is C24H28Cl2N9O2+. The molecule has 5 N–H and O–H groups in total. The summed E-state index contributed by atoms with van der Waals surface area (Å²) in [6.07, 6.45) is 2.91. The smallest absolute Gasteiger partial charge is 0.310 e. The summed E-state index contributed by atoms with van der Waals surface area (Å²) in [4.78, 5) is 31.4. The number of nitrogens with one attached hydrogen (secondary N) is 3. The van der Waals surface area contributed by atoms with Gasteiger partial charge in [0.25, 0.3) is 5.91 Å². The summed E-state index contributed by atoms with van der Waals surface area (Å²) in [5, 5.41) is 28.3. The van der Waals surface area contributed by atoms with E-state index in [9.17, 15) is 9.59 Å². The average molecular weight is 545 g/mol. The van der Waals surface area contributed by atoms with Gasteiger partial charge in [-0.15, -0.1) is 10.2 Å². The summed E-state index contributed by atoms with van der Waals surface area (Å²) >= 11 is 12.4. The minimum Gasteiger partial charge on any atom is -0.355 e. The zero-order chi connectivity index (χ0) is 27.3. The maximum Gasteiger partial charge on any atom is 0.310 e. The number of nitrogens with zero attached hydrogens (tertiary/aromatic N) is 5. The number of hydrogen-bond donors (Lipinski definition) is 4. The molecule has 1 aromatic carbocycles. The molecule has 2 amide bonds. The van der Waals surface area contributed by atoms with Crippen LogP contribution in [-0.4, -0.2) is 49.8 Å². The van der Waals surface area contributed by atoms with E-state index in [0.29, 0.717) is 32.9 Å². The number of nitrogens with two attached hydrogens (primary N) is 1. The van der Waals surface area contributed by atoms with Crippen LogP contribution in [-0.2, 0) is 16.8 Å². The van der Waals surface area contributed by atoms with Gasteiger partial charge in [-0.3, -0.25) is 14.9 Å². The van der Waals surface area contributed by atoms with Crippen LogP contribution in [0.15, 0.2) is 42.2 Å². The fourth-order valence-corrected chi connectivity index (χ4v) is 3.68. The van der Waals surface area contributed by atoms with E-state index < -0.39 is 11.8 Å². The molecule has 0 radical (unpaired) electrons. The van der Waals surface area contributed by atoms with Crippen LogP contribution in [0.25, 0.3) is 0 Å². The number of anilines is 1. The van der Waals surface area contributed by atoms with Crippen LogP contribution in [0.3, 0.4) is 0 Å². The molecule has 0 spiro atoms. The molecule has 11 nitrogen and oxygen atoms in total. The molecule has 37 heavy (non-hydrogen) atoms. The van der Waals surface area contributed by atoms with Crippen molar-refractivity contribution in [3.05, 3.63) is 69.2 Å². The molecule has 0 bridgehead atoms. The second-order valence-electron chi connectivity index (χ2n) is 9.21. The highest BCUT2D eigenvalue weighted by atomic mass is 35.5. The van der Waals surface area contributed by atoms with Gasteiger partial charge in [0.15, 0.2) is 5.82 Å². The summed E-state index contributed by atoms with van der Waals surface area (Å²) in [5.41, 5.74) is 0.895. The SMILES string of the molecule is CNC(=O)c1cc(Cl)cc(C)c1NC(=O)/C(=C/C(=N)Cn1nnc(C(C)(C)C)n1)[NH2+]c1ncccc1Cl. The Kier molecular flexibility index (Phi) is 8.74. The highest BCUT2D eigenvalue weighted by Crippen LogP contribution is 2.26. The van der Waals surface area contributed by atoms with E-state index in [1.807, 2.05) is 20.8 Å². The Labute approximate surface area is 224 Å². The predicted molar refractivity (Wildman–Crippen MR) is 141 cm³/mol. The Morgan fingerprint density at radius 3 is 2.59 bits per heavy atom. The quantitative estimate of drug-likeness (QED) is 0.252. The van der Waals surface area contributed by atoms with Crippen LogP contribution in [0.1, 0.15) is 42.5 Å². The van der Waals surface area contributed by atoms with Crippen molar-refractivity contribution in [2.24, 2.45) is 0 Å². The molecule has 0 aliphatic heterocycles. The van der Waals surface area contributed by atoms with Gasteiger partial charge in [-0.1, -0.05) is 44.0 Å². The van der Waals surface area contributed by atoms with Crippen LogP contribution >= 0.6 is 23.2 Å². The average Bonchev–Trinajstić information content (AvgIpc) is 3.30. The van der Waals surface area contributed by atoms with Crippen LogP contribution in [0, 0.1) is 12.3 Å². The first kappa shape index (κ1) is 27.9. The number of allylic oxidation sites excluding steroid dienone is 1. The predicted octanol–water partition coefficient (Wildman–Crippen LogP) is 2.78. The zero-order valence-corrected chi connectivity index (χ0v) is 22.6. The van der Waals surface area contributed by atoms with E-state index in [2.05, 4.69) is 31.0 Å². The topological polar surface area (TPSA) is 155 Å². The first-order chi connectivity index (χ1) is 17.4. The zero-order valence-electron chi connectivity index (χ0n) is 21.1. The van der Waals surface area contributed by atoms with Crippen molar-refractivity contribution in [1.82, 2.24) is 30.5 Å². The molecule has 2 aromatic heterocycles. The summed E-state index contributed by atoms with van der Waals surface area (Å²) in [5.74, 6) is -0.118. The molecular weight excluding hydrogens is 517 g/mol. The lowest BCUT2D eigenvalue weighted by atomic mass is 9.96. The molecule has 0 fully saturated rings. The van der Waals surface area contributed by atoms with Crippen molar-refractivity contribution in [3.63, 3.8) is 0 Å². The van der Waals surface area contributed by atoms with E-state index >= 15 is 0 Å². The number of amides is 2. The van der Waals surface area contributed by atoms with Gasteiger partial charge in [0.05, 0.1) is 17.0 Å². The lowest BCUT2D eigenvalue weighted by Crippen LogP contribution is -2.78. The van der Waals surface area contributed by atoms with Gasteiger partial charge in [0.1, 0.15) is 11.6 Å². The number of hydrogen-bond acceptors (Lipinski definition) is 7. The van der Waals surface area contributed by atoms with Crippen LogP contribution < -0.4 is 16.0 Å². The first-order valence-corrected chi connectivity index (χ1v) is 12.0. The third kappa shape index (κ3) is 7.19. The van der Waals surface area contributed by atoms with Gasteiger partial charge in [-0.05, 0) is 42.0 Å². The second-order valence-corrected chi connectivity index (χ2v) is 10.1. The van der Waals surface area contributed by atoms with E-state index in [1.54, 1.807) is 31.3 Å². The van der Waals surface area contributed by atoms with Crippen LogP contribution in [0.5, 0.6) is 0 Å². The molecule has 0 aliphatic rings. The number of carbonyl (C=O) groups excluding carboxylic acids is 2. The standard InChI is InChI=1S/C24H27Cl2N9O2/c1-13-9-14(25)10-16(21(36)28-5)19(13)31-22(37)18(30-20-17(26)7-6-8-29-20)11-15(27)12-35-33-23(32-34-35)24(2,3)4/h6-11,27H,12H2,1-5H3,(H,28,36)(H,29,30)(H,31,37)/p+1/b18-11-,27-15?. The maximum absolute atomic E-state index is 13.5. The summed E-state index contributed by atoms with van der Waals surface area (Å²) < 4.78 is 0. The normalized spacial score (nSPS) is 11.8. The van der Waals surface area contributed by atoms with E-state index in [0.717, 1.165) is 0 Å². The van der Waals surface area contributed by atoms with Crippen LogP contribution in [0.4, 0.5) is 11.5 Å². The van der Waals surface area contributed by atoms with Crippen molar-refractivity contribution in [2.75, 3.05) is 12.4 Å². The first-order valence-electron chi connectivity index (χ1n) is 11.2. The van der Waals surface area contributed by atoms with E-state index in [4.69, 9.17) is 28.6 Å². The minimum atomic E-state index is -0.580. The van der Waals surface area contributed by atoms with Gasteiger partial charge < -0.3 is 16.0 Å². The van der Waals surface area contributed by atoms with E-state index in [-0.39, 0.29) is 28.9 Å². The number of pyridine rings is 1. The molecule has 13 heteroatoms.